The van der Waals surface area contributed by atoms with Gasteiger partial charge in [0.2, 0.25) is 0 Å². The van der Waals surface area contributed by atoms with Crippen molar-refractivity contribution in [2.24, 2.45) is 0 Å². The molecular weight excluding hydrogens is 441 g/mol. The Kier molecular flexibility index (Phi) is 5.26. The summed E-state index contributed by atoms with van der Waals surface area (Å²) >= 11 is 2.34. The van der Waals surface area contributed by atoms with E-state index in [1.807, 2.05) is 0 Å². The molecule has 0 bridgehead atoms. The number of hydrogen-bond donors (Lipinski definition) is 0. The molecule has 0 amide bonds. The van der Waals surface area contributed by atoms with Crippen molar-refractivity contribution in [1.29, 1.82) is 0 Å². The quantitative estimate of drug-likeness (QED) is 0.281. The van der Waals surface area contributed by atoms with Crippen molar-refractivity contribution in [2.45, 2.75) is 6.92 Å². The number of anilines is 3. The van der Waals surface area contributed by atoms with Crippen LogP contribution < -0.4 is 4.90 Å². The van der Waals surface area contributed by atoms with E-state index in [0.29, 0.717) is 0 Å². The molecular formula is C25H20IN. The third-order valence-electron chi connectivity index (χ3n) is 4.58. The van der Waals surface area contributed by atoms with Crippen LogP contribution in [0.25, 0.3) is 11.1 Å². The first-order chi connectivity index (χ1) is 13.2. The molecule has 0 aromatic heterocycles. The van der Waals surface area contributed by atoms with Crippen LogP contribution in [-0.4, -0.2) is 0 Å². The second-order valence-electron chi connectivity index (χ2n) is 6.56. The average Bonchev–Trinajstić information content (AvgIpc) is 2.70. The van der Waals surface area contributed by atoms with Crippen LogP contribution in [0.5, 0.6) is 0 Å². The van der Waals surface area contributed by atoms with Gasteiger partial charge < -0.3 is 4.90 Å². The van der Waals surface area contributed by atoms with Crippen LogP contribution in [0.1, 0.15) is 5.56 Å². The van der Waals surface area contributed by atoms with Gasteiger partial charge in [0.1, 0.15) is 0 Å². The number of hydrogen-bond acceptors (Lipinski definition) is 1. The maximum Gasteiger partial charge on any atom is 0.0464 e. The fraction of sp³-hybridized carbons (Fsp3) is 0.0400. The van der Waals surface area contributed by atoms with Crippen LogP contribution in [0.2, 0.25) is 0 Å². The summed E-state index contributed by atoms with van der Waals surface area (Å²) in [6, 6.07) is 36.6. The van der Waals surface area contributed by atoms with E-state index in [1.165, 1.54) is 25.9 Å². The highest BCUT2D eigenvalue weighted by Crippen LogP contribution is 2.35. The van der Waals surface area contributed by atoms with Gasteiger partial charge in [-0.3, -0.25) is 0 Å². The van der Waals surface area contributed by atoms with Gasteiger partial charge in [-0.05, 0) is 94.7 Å². The van der Waals surface area contributed by atoms with Gasteiger partial charge in [0.15, 0.2) is 0 Å². The number of benzene rings is 4. The minimum absolute atomic E-state index is 1.15. The Bertz CT molecular complexity index is 1020. The summed E-state index contributed by atoms with van der Waals surface area (Å²) in [6.45, 7) is 2.13. The fourth-order valence-corrected chi connectivity index (χ4v) is 3.60. The molecule has 2 heteroatoms. The van der Waals surface area contributed by atoms with Crippen molar-refractivity contribution in [1.82, 2.24) is 0 Å². The smallest absolute Gasteiger partial charge is 0.0464 e. The summed E-state index contributed by atoms with van der Waals surface area (Å²) in [6.07, 6.45) is 0. The van der Waals surface area contributed by atoms with Crippen molar-refractivity contribution < 1.29 is 0 Å². The predicted molar refractivity (Wildman–Crippen MR) is 124 cm³/mol. The normalized spacial score (nSPS) is 10.6. The number of halogens is 1. The predicted octanol–water partition coefficient (Wildman–Crippen LogP) is 7.74. The van der Waals surface area contributed by atoms with Gasteiger partial charge in [0.05, 0.1) is 0 Å². The summed E-state index contributed by atoms with van der Waals surface area (Å²) in [7, 11) is 0. The first-order valence-electron chi connectivity index (χ1n) is 8.98. The van der Waals surface area contributed by atoms with E-state index in [9.17, 15) is 0 Å². The fourth-order valence-electron chi connectivity index (χ4n) is 3.24. The second kappa shape index (κ2) is 7.97. The Balaban J connectivity index is 1.75. The summed E-state index contributed by atoms with van der Waals surface area (Å²) in [5.74, 6) is 0. The highest BCUT2D eigenvalue weighted by molar-refractivity contribution is 14.1. The zero-order chi connectivity index (χ0) is 18.6. The van der Waals surface area contributed by atoms with Crippen LogP contribution >= 0.6 is 22.6 Å². The Labute approximate surface area is 174 Å². The molecule has 0 spiro atoms. The van der Waals surface area contributed by atoms with Crippen molar-refractivity contribution in [2.75, 3.05) is 4.90 Å². The van der Waals surface area contributed by atoms with Crippen molar-refractivity contribution >= 4 is 39.7 Å². The lowest BCUT2D eigenvalue weighted by atomic mass is 10.0. The maximum atomic E-state index is 2.34. The standard InChI is InChI=1S/C25H20IN/c1-19-6-5-9-25(18-19)27(23-7-3-2-4-8-23)24-16-12-21(13-17-24)20-10-14-22(26)15-11-20/h2-18H,1H3. The topological polar surface area (TPSA) is 3.24 Å². The van der Waals surface area contributed by atoms with Gasteiger partial charge in [-0.15, -0.1) is 0 Å². The highest BCUT2D eigenvalue weighted by atomic mass is 127. The minimum Gasteiger partial charge on any atom is -0.310 e. The van der Waals surface area contributed by atoms with Crippen LogP contribution in [0.15, 0.2) is 103 Å². The molecule has 0 N–H and O–H groups in total. The van der Waals surface area contributed by atoms with Crippen molar-refractivity contribution in [3.05, 3.63) is 112 Å². The Morgan fingerprint density at radius 3 is 1.74 bits per heavy atom. The second-order valence-corrected chi connectivity index (χ2v) is 7.81. The van der Waals surface area contributed by atoms with E-state index in [2.05, 4.69) is 138 Å². The number of nitrogens with zero attached hydrogens (tertiary/aromatic N) is 1. The van der Waals surface area contributed by atoms with Crippen LogP contribution in [0.4, 0.5) is 17.1 Å². The molecule has 132 valence electrons. The number of para-hydroxylation sites is 1. The van der Waals surface area contributed by atoms with Gasteiger partial charge >= 0.3 is 0 Å². The lowest BCUT2D eigenvalue weighted by Crippen LogP contribution is -2.09. The molecule has 1 nitrogen and oxygen atoms in total. The van der Waals surface area contributed by atoms with E-state index in [4.69, 9.17) is 0 Å². The van der Waals surface area contributed by atoms with Gasteiger partial charge in [0.25, 0.3) is 0 Å². The number of aryl methyl sites for hydroxylation is 1. The lowest BCUT2D eigenvalue weighted by molar-refractivity contribution is 1.27. The summed E-state index contributed by atoms with van der Waals surface area (Å²) in [4.78, 5) is 2.30. The number of rotatable bonds is 4. The third-order valence-corrected chi connectivity index (χ3v) is 5.30. The maximum absolute atomic E-state index is 2.34. The van der Waals surface area contributed by atoms with Gasteiger partial charge in [0, 0.05) is 20.6 Å². The minimum atomic E-state index is 1.15. The van der Waals surface area contributed by atoms with Gasteiger partial charge in [-0.1, -0.05) is 54.6 Å². The lowest BCUT2D eigenvalue weighted by Gasteiger charge is -2.26. The molecule has 0 fully saturated rings. The van der Waals surface area contributed by atoms with E-state index >= 15 is 0 Å². The Hall–Kier alpha value is -2.59. The highest BCUT2D eigenvalue weighted by Gasteiger charge is 2.12. The first kappa shape index (κ1) is 17.8. The molecule has 0 heterocycles. The SMILES string of the molecule is Cc1cccc(N(c2ccccc2)c2ccc(-c3ccc(I)cc3)cc2)c1. The van der Waals surface area contributed by atoms with E-state index < -0.39 is 0 Å². The molecule has 4 rings (SSSR count). The molecule has 0 aliphatic rings. The van der Waals surface area contributed by atoms with Crippen LogP contribution in [0.3, 0.4) is 0 Å². The molecule has 0 atom stereocenters. The molecule has 0 saturated carbocycles. The zero-order valence-corrected chi connectivity index (χ0v) is 17.3. The summed E-state index contributed by atoms with van der Waals surface area (Å²) in [5.41, 5.74) is 7.20. The molecule has 0 unspecified atom stereocenters. The molecule has 0 aliphatic heterocycles. The van der Waals surface area contributed by atoms with Crippen molar-refractivity contribution in [3.63, 3.8) is 0 Å². The average molecular weight is 461 g/mol. The van der Waals surface area contributed by atoms with Gasteiger partial charge in [-0.25, -0.2) is 0 Å². The van der Waals surface area contributed by atoms with Crippen molar-refractivity contribution in [3.8, 4) is 11.1 Å². The summed E-state index contributed by atoms with van der Waals surface area (Å²) < 4.78 is 1.25. The van der Waals surface area contributed by atoms with Crippen LogP contribution in [-0.2, 0) is 0 Å². The Morgan fingerprint density at radius 1 is 0.556 bits per heavy atom. The largest absolute Gasteiger partial charge is 0.310 e. The molecule has 0 saturated heterocycles. The van der Waals surface area contributed by atoms with Gasteiger partial charge in [-0.2, -0.15) is 0 Å². The molecule has 4 aromatic rings. The van der Waals surface area contributed by atoms with E-state index in [-0.39, 0.29) is 0 Å². The third kappa shape index (κ3) is 4.06. The van der Waals surface area contributed by atoms with E-state index in [0.717, 1.165) is 11.4 Å². The first-order valence-corrected chi connectivity index (χ1v) is 10.1. The van der Waals surface area contributed by atoms with Crippen LogP contribution in [0, 0.1) is 10.5 Å². The Morgan fingerprint density at radius 2 is 1.11 bits per heavy atom. The monoisotopic (exact) mass is 461 g/mol. The molecule has 0 aliphatic carbocycles. The molecule has 0 radical (unpaired) electrons. The summed E-state index contributed by atoms with van der Waals surface area (Å²) in [5, 5.41) is 0. The molecule has 4 aromatic carbocycles. The molecule has 27 heavy (non-hydrogen) atoms. The van der Waals surface area contributed by atoms with E-state index in [1.54, 1.807) is 0 Å². The zero-order valence-electron chi connectivity index (χ0n) is 15.1.